The SMILES string of the molecule is COc1ccc(CNS(=O)(=O)CC(N)=S)c(OC)c1. The lowest BCUT2D eigenvalue weighted by Crippen LogP contribution is -2.32. The molecule has 0 saturated heterocycles. The van der Waals surface area contributed by atoms with Crippen LogP contribution in [0, 0.1) is 0 Å². The van der Waals surface area contributed by atoms with E-state index in [-0.39, 0.29) is 17.3 Å². The summed E-state index contributed by atoms with van der Waals surface area (Å²) < 4.78 is 35.8. The number of sulfonamides is 1. The molecule has 0 fully saturated rings. The Balaban J connectivity index is 2.80. The van der Waals surface area contributed by atoms with Crippen molar-refractivity contribution in [3.8, 4) is 11.5 Å². The number of ether oxygens (including phenoxy) is 2. The van der Waals surface area contributed by atoms with Gasteiger partial charge in [0.25, 0.3) is 0 Å². The van der Waals surface area contributed by atoms with Gasteiger partial charge in [-0.1, -0.05) is 18.3 Å². The average Bonchev–Trinajstić information content (AvgIpc) is 2.34. The van der Waals surface area contributed by atoms with Crippen LogP contribution >= 0.6 is 12.2 Å². The Morgan fingerprint density at radius 2 is 2.05 bits per heavy atom. The smallest absolute Gasteiger partial charge is 0.218 e. The highest BCUT2D eigenvalue weighted by atomic mass is 32.2. The molecule has 6 nitrogen and oxygen atoms in total. The highest BCUT2D eigenvalue weighted by Gasteiger charge is 2.13. The van der Waals surface area contributed by atoms with E-state index in [1.807, 2.05) is 0 Å². The third-order valence-corrected chi connectivity index (χ3v) is 3.91. The Morgan fingerprint density at radius 3 is 2.58 bits per heavy atom. The van der Waals surface area contributed by atoms with Gasteiger partial charge in [0.2, 0.25) is 10.0 Å². The highest BCUT2D eigenvalue weighted by molar-refractivity contribution is 7.92. The van der Waals surface area contributed by atoms with Crippen LogP contribution in [0.25, 0.3) is 0 Å². The first-order valence-corrected chi connectivity index (χ1v) is 7.40. The molecule has 0 saturated carbocycles. The van der Waals surface area contributed by atoms with Crippen molar-refractivity contribution < 1.29 is 17.9 Å². The zero-order chi connectivity index (χ0) is 14.5. The lowest BCUT2D eigenvalue weighted by atomic mass is 10.2. The van der Waals surface area contributed by atoms with Gasteiger partial charge in [-0.05, 0) is 6.07 Å². The quantitative estimate of drug-likeness (QED) is 0.709. The molecule has 0 heterocycles. The van der Waals surface area contributed by atoms with E-state index in [1.165, 1.54) is 7.11 Å². The number of nitrogens with one attached hydrogen (secondary N) is 1. The van der Waals surface area contributed by atoms with Crippen molar-refractivity contribution in [3.05, 3.63) is 23.8 Å². The molecule has 0 unspecified atom stereocenters. The van der Waals surface area contributed by atoms with E-state index in [2.05, 4.69) is 16.9 Å². The summed E-state index contributed by atoms with van der Waals surface area (Å²) >= 11 is 4.57. The number of rotatable bonds is 7. The van der Waals surface area contributed by atoms with Gasteiger partial charge in [0.1, 0.15) is 17.3 Å². The van der Waals surface area contributed by atoms with Crippen LogP contribution in [0.2, 0.25) is 0 Å². The number of hydrogen-bond donors (Lipinski definition) is 2. The van der Waals surface area contributed by atoms with Crippen molar-refractivity contribution in [2.45, 2.75) is 6.54 Å². The molecular formula is C11H16N2O4S2. The van der Waals surface area contributed by atoms with E-state index in [4.69, 9.17) is 15.2 Å². The molecule has 106 valence electrons. The minimum Gasteiger partial charge on any atom is -0.497 e. The lowest BCUT2D eigenvalue weighted by Gasteiger charge is -2.11. The predicted molar refractivity (Wildman–Crippen MR) is 77.0 cm³/mol. The van der Waals surface area contributed by atoms with Gasteiger partial charge in [-0.3, -0.25) is 0 Å². The monoisotopic (exact) mass is 304 g/mol. The van der Waals surface area contributed by atoms with Gasteiger partial charge in [0, 0.05) is 18.2 Å². The zero-order valence-corrected chi connectivity index (χ0v) is 12.3. The van der Waals surface area contributed by atoms with Gasteiger partial charge in [-0.2, -0.15) is 0 Å². The second kappa shape index (κ2) is 6.69. The Bertz CT molecular complexity index is 558. The molecule has 0 bridgehead atoms. The van der Waals surface area contributed by atoms with Gasteiger partial charge in [0.05, 0.1) is 19.2 Å². The summed E-state index contributed by atoms with van der Waals surface area (Å²) in [7, 11) is -0.480. The van der Waals surface area contributed by atoms with Gasteiger partial charge < -0.3 is 15.2 Å². The molecular weight excluding hydrogens is 288 g/mol. The number of hydrogen-bond acceptors (Lipinski definition) is 5. The standard InChI is InChI=1S/C11H16N2O4S2/c1-16-9-4-3-8(10(5-9)17-2)6-13-19(14,15)7-11(12)18/h3-5,13H,6-7H2,1-2H3,(H2,12,18). The maximum Gasteiger partial charge on any atom is 0.218 e. The number of benzene rings is 1. The number of methoxy groups -OCH3 is 2. The zero-order valence-electron chi connectivity index (χ0n) is 10.7. The third-order valence-electron chi connectivity index (χ3n) is 2.31. The first-order chi connectivity index (χ1) is 8.88. The summed E-state index contributed by atoms with van der Waals surface area (Å²) in [5.41, 5.74) is 5.90. The molecule has 0 radical (unpaired) electrons. The molecule has 0 atom stereocenters. The Kier molecular flexibility index (Phi) is 5.52. The van der Waals surface area contributed by atoms with Crippen LogP contribution in [-0.2, 0) is 16.6 Å². The van der Waals surface area contributed by atoms with Gasteiger partial charge in [-0.15, -0.1) is 0 Å². The second-order valence-corrected chi connectivity index (χ2v) is 6.06. The molecule has 0 aliphatic rings. The molecule has 0 aliphatic heterocycles. The largest absolute Gasteiger partial charge is 0.497 e. The van der Waals surface area contributed by atoms with E-state index in [9.17, 15) is 8.42 Å². The summed E-state index contributed by atoms with van der Waals surface area (Å²) in [4.78, 5) is -0.0748. The van der Waals surface area contributed by atoms with Crippen molar-refractivity contribution in [2.75, 3.05) is 20.0 Å². The van der Waals surface area contributed by atoms with Crippen LogP contribution in [0.5, 0.6) is 11.5 Å². The van der Waals surface area contributed by atoms with E-state index >= 15 is 0 Å². The first kappa shape index (κ1) is 15.7. The molecule has 0 amide bonds. The van der Waals surface area contributed by atoms with Crippen molar-refractivity contribution in [1.29, 1.82) is 0 Å². The first-order valence-electron chi connectivity index (χ1n) is 5.34. The Labute approximate surface area is 117 Å². The fourth-order valence-electron chi connectivity index (χ4n) is 1.42. The fraction of sp³-hybridized carbons (Fsp3) is 0.364. The lowest BCUT2D eigenvalue weighted by molar-refractivity contribution is 0.390. The molecule has 3 N–H and O–H groups in total. The Hall–Kier alpha value is -1.38. The van der Waals surface area contributed by atoms with Crippen molar-refractivity contribution in [2.24, 2.45) is 5.73 Å². The minimum atomic E-state index is -3.52. The van der Waals surface area contributed by atoms with Crippen LogP contribution in [0.1, 0.15) is 5.56 Å². The van der Waals surface area contributed by atoms with Crippen molar-refractivity contribution in [3.63, 3.8) is 0 Å². The Morgan fingerprint density at radius 1 is 1.37 bits per heavy atom. The minimum absolute atomic E-state index is 0.0748. The van der Waals surface area contributed by atoms with Crippen LogP contribution in [0.3, 0.4) is 0 Å². The molecule has 0 aromatic heterocycles. The molecule has 0 aliphatic carbocycles. The predicted octanol–water partition coefficient (Wildman–Crippen LogP) is 0.409. The van der Waals surface area contributed by atoms with E-state index in [0.29, 0.717) is 17.1 Å². The highest BCUT2D eigenvalue weighted by Crippen LogP contribution is 2.24. The summed E-state index contributed by atoms with van der Waals surface area (Å²) in [6.07, 6.45) is 0. The normalized spacial score (nSPS) is 11.1. The number of nitrogens with two attached hydrogens (primary N) is 1. The van der Waals surface area contributed by atoms with Crippen LogP contribution in [-0.4, -0.2) is 33.4 Å². The molecule has 0 spiro atoms. The van der Waals surface area contributed by atoms with Crippen molar-refractivity contribution >= 4 is 27.2 Å². The summed E-state index contributed by atoms with van der Waals surface area (Å²) in [6, 6.07) is 5.12. The summed E-state index contributed by atoms with van der Waals surface area (Å²) in [5.74, 6) is 0.796. The van der Waals surface area contributed by atoms with Crippen LogP contribution < -0.4 is 19.9 Å². The molecule has 1 aromatic carbocycles. The summed E-state index contributed by atoms with van der Waals surface area (Å²) in [5, 5.41) is 0. The van der Waals surface area contributed by atoms with E-state index in [0.717, 1.165) is 0 Å². The van der Waals surface area contributed by atoms with Crippen molar-refractivity contribution in [1.82, 2.24) is 4.72 Å². The van der Waals surface area contributed by atoms with Gasteiger partial charge >= 0.3 is 0 Å². The van der Waals surface area contributed by atoms with Gasteiger partial charge in [0.15, 0.2) is 0 Å². The third kappa shape index (κ3) is 5.01. The van der Waals surface area contributed by atoms with Crippen LogP contribution in [0.4, 0.5) is 0 Å². The fourth-order valence-corrected chi connectivity index (χ4v) is 2.74. The van der Waals surface area contributed by atoms with Gasteiger partial charge in [-0.25, -0.2) is 13.1 Å². The maximum atomic E-state index is 11.6. The molecule has 1 rings (SSSR count). The van der Waals surface area contributed by atoms with E-state index < -0.39 is 10.0 Å². The number of thiocarbonyl (C=S) groups is 1. The molecule has 1 aromatic rings. The summed E-state index contributed by atoms with van der Waals surface area (Å²) in [6.45, 7) is 0.0954. The van der Waals surface area contributed by atoms with Crippen LogP contribution in [0.15, 0.2) is 18.2 Å². The average molecular weight is 304 g/mol. The molecule has 8 heteroatoms. The second-order valence-electron chi connectivity index (χ2n) is 3.72. The van der Waals surface area contributed by atoms with E-state index in [1.54, 1.807) is 25.3 Å². The topological polar surface area (TPSA) is 90.7 Å². The maximum absolute atomic E-state index is 11.6. The molecule has 19 heavy (non-hydrogen) atoms.